The number of nitrogens with zero attached hydrogens (tertiary/aromatic N) is 2. The lowest BCUT2D eigenvalue weighted by atomic mass is 10.1. The van der Waals surface area contributed by atoms with Crippen molar-refractivity contribution in [3.8, 4) is 0 Å². The van der Waals surface area contributed by atoms with Crippen LogP contribution in [-0.4, -0.2) is 32.6 Å². The summed E-state index contributed by atoms with van der Waals surface area (Å²) in [5, 5.41) is 11.8. The fraction of sp³-hybridized carbons (Fsp3) is 0.267. The number of carboxylic acid groups (broad SMARTS) is 1. The first-order valence-electron chi connectivity index (χ1n) is 7.27. The Labute approximate surface area is 132 Å². The third-order valence-electron chi connectivity index (χ3n) is 3.77. The zero-order valence-corrected chi connectivity index (χ0v) is 12.3. The average Bonchev–Trinajstić information content (AvgIpc) is 3.10. The molecule has 0 saturated carbocycles. The number of imidazole rings is 1. The highest BCUT2D eigenvalue weighted by Crippen LogP contribution is 2.19. The second-order valence-electron chi connectivity index (χ2n) is 5.28. The number of hydrazine groups is 1. The van der Waals surface area contributed by atoms with Gasteiger partial charge in [0.2, 0.25) is 5.91 Å². The number of amides is 1. The van der Waals surface area contributed by atoms with Gasteiger partial charge in [-0.3, -0.25) is 4.79 Å². The van der Waals surface area contributed by atoms with E-state index in [0.29, 0.717) is 12.1 Å². The van der Waals surface area contributed by atoms with E-state index >= 15 is 0 Å². The lowest BCUT2D eigenvalue weighted by Gasteiger charge is -2.30. The first-order chi connectivity index (χ1) is 11.1. The SMILES string of the molecule is O=C(O)c1ccccc1NC(=O)C1CCC(n2ccnc2)NN1. The molecule has 1 aliphatic rings. The Morgan fingerprint density at radius 2 is 2.09 bits per heavy atom. The molecule has 0 bridgehead atoms. The highest BCUT2D eigenvalue weighted by molar-refractivity contribution is 6.02. The molecule has 2 unspecified atom stereocenters. The molecular formula is C15H17N5O3. The summed E-state index contributed by atoms with van der Waals surface area (Å²) in [6.07, 6.45) is 6.67. The summed E-state index contributed by atoms with van der Waals surface area (Å²) >= 11 is 0. The van der Waals surface area contributed by atoms with Crippen molar-refractivity contribution in [3.05, 3.63) is 48.5 Å². The maximum absolute atomic E-state index is 12.3. The van der Waals surface area contributed by atoms with E-state index < -0.39 is 12.0 Å². The van der Waals surface area contributed by atoms with Crippen molar-refractivity contribution >= 4 is 17.6 Å². The molecule has 8 nitrogen and oxygen atoms in total. The predicted molar refractivity (Wildman–Crippen MR) is 82.6 cm³/mol. The second-order valence-corrected chi connectivity index (χ2v) is 5.28. The first-order valence-corrected chi connectivity index (χ1v) is 7.27. The molecule has 8 heteroatoms. The Hall–Kier alpha value is -2.71. The number of para-hydroxylation sites is 1. The monoisotopic (exact) mass is 315 g/mol. The maximum Gasteiger partial charge on any atom is 0.337 e. The van der Waals surface area contributed by atoms with Gasteiger partial charge in [-0.2, -0.15) is 0 Å². The van der Waals surface area contributed by atoms with Gasteiger partial charge in [0.15, 0.2) is 0 Å². The Morgan fingerprint density at radius 3 is 2.74 bits per heavy atom. The number of anilines is 1. The van der Waals surface area contributed by atoms with Gasteiger partial charge in [-0.1, -0.05) is 12.1 Å². The molecule has 1 aromatic heterocycles. The number of benzene rings is 1. The van der Waals surface area contributed by atoms with Gasteiger partial charge in [0.1, 0.15) is 6.04 Å². The molecule has 1 aliphatic heterocycles. The predicted octanol–water partition coefficient (Wildman–Crippen LogP) is 0.975. The number of aromatic nitrogens is 2. The number of hydrogen-bond donors (Lipinski definition) is 4. The van der Waals surface area contributed by atoms with Gasteiger partial charge in [0, 0.05) is 12.4 Å². The molecule has 1 fully saturated rings. The molecule has 2 aromatic rings. The highest BCUT2D eigenvalue weighted by Gasteiger charge is 2.26. The average molecular weight is 315 g/mol. The standard InChI is InChI=1S/C15H17N5O3/c21-14(17-11-4-2-1-3-10(11)15(22)23)12-5-6-13(19-18-12)20-8-7-16-9-20/h1-4,7-9,12-13,18-19H,5-6H2,(H,17,21)(H,22,23). The number of hydrogen-bond acceptors (Lipinski definition) is 5. The highest BCUT2D eigenvalue weighted by atomic mass is 16.4. The fourth-order valence-corrected chi connectivity index (χ4v) is 2.54. The number of nitrogens with one attached hydrogen (secondary N) is 3. The van der Waals surface area contributed by atoms with Crippen LogP contribution in [0.2, 0.25) is 0 Å². The van der Waals surface area contributed by atoms with Gasteiger partial charge in [-0.05, 0) is 25.0 Å². The number of carboxylic acids is 1. The van der Waals surface area contributed by atoms with Crippen LogP contribution < -0.4 is 16.2 Å². The molecule has 0 radical (unpaired) electrons. The van der Waals surface area contributed by atoms with E-state index in [1.807, 2.05) is 10.8 Å². The molecule has 23 heavy (non-hydrogen) atoms. The van der Waals surface area contributed by atoms with Crippen molar-refractivity contribution in [2.24, 2.45) is 0 Å². The lowest BCUT2D eigenvalue weighted by Crippen LogP contribution is -2.54. The van der Waals surface area contributed by atoms with E-state index in [2.05, 4.69) is 21.2 Å². The van der Waals surface area contributed by atoms with Crippen molar-refractivity contribution in [2.45, 2.75) is 25.0 Å². The van der Waals surface area contributed by atoms with E-state index in [9.17, 15) is 9.59 Å². The van der Waals surface area contributed by atoms with Gasteiger partial charge >= 0.3 is 5.97 Å². The van der Waals surface area contributed by atoms with Crippen LogP contribution >= 0.6 is 0 Å². The van der Waals surface area contributed by atoms with Crippen LogP contribution in [0.25, 0.3) is 0 Å². The van der Waals surface area contributed by atoms with Gasteiger partial charge in [-0.15, -0.1) is 0 Å². The van der Waals surface area contributed by atoms with Crippen LogP contribution in [0.1, 0.15) is 29.4 Å². The zero-order chi connectivity index (χ0) is 16.2. The zero-order valence-electron chi connectivity index (χ0n) is 12.3. The topological polar surface area (TPSA) is 108 Å². The number of carbonyl (C=O) groups excluding carboxylic acids is 1. The summed E-state index contributed by atoms with van der Waals surface area (Å²) in [7, 11) is 0. The van der Waals surface area contributed by atoms with Gasteiger partial charge < -0.3 is 15.0 Å². The normalized spacial score (nSPS) is 20.9. The van der Waals surface area contributed by atoms with E-state index in [1.165, 1.54) is 6.07 Å². The molecule has 1 amide bonds. The Morgan fingerprint density at radius 1 is 1.26 bits per heavy atom. The molecule has 4 N–H and O–H groups in total. The van der Waals surface area contributed by atoms with Crippen molar-refractivity contribution in [1.29, 1.82) is 0 Å². The quantitative estimate of drug-likeness (QED) is 0.670. The fourth-order valence-electron chi connectivity index (χ4n) is 2.54. The van der Waals surface area contributed by atoms with Gasteiger partial charge in [-0.25, -0.2) is 20.6 Å². The van der Waals surface area contributed by atoms with Crippen LogP contribution in [0.4, 0.5) is 5.69 Å². The summed E-state index contributed by atoms with van der Waals surface area (Å²) < 4.78 is 1.92. The molecule has 0 aliphatic carbocycles. The molecule has 3 rings (SSSR count). The molecule has 2 atom stereocenters. The first kappa shape index (κ1) is 15.2. The van der Waals surface area contributed by atoms with Crippen molar-refractivity contribution in [1.82, 2.24) is 20.4 Å². The van der Waals surface area contributed by atoms with Gasteiger partial charge in [0.05, 0.1) is 23.7 Å². The van der Waals surface area contributed by atoms with Crippen molar-refractivity contribution in [3.63, 3.8) is 0 Å². The number of aromatic carboxylic acids is 1. The van der Waals surface area contributed by atoms with Crippen molar-refractivity contribution < 1.29 is 14.7 Å². The smallest absolute Gasteiger partial charge is 0.337 e. The summed E-state index contributed by atoms with van der Waals surface area (Å²) in [5.74, 6) is -1.34. The minimum Gasteiger partial charge on any atom is -0.478 e. The van der Waals surface area contributed by atoms with Crippen molar-refractivity contribution in [2.75, 3.05) is 5.32 Å². The lowest BCUT2D eigenvalue weighted by molar-refractivity contribution is -0.119. The van der Waals surface area contributed by atoms with Crippen LogP contribution in [0.5, 0.6) is 0 Å². The maximum atomic E-state index is 12.3. The third-order valence-corrected chi connectivity index (χ3v) is 3.77. The van der Waals surface area contributed by atoms with E-state index in [-0.39, 0.29) is 17.6 Å². The minimum absolute atomic E-state index is 0.0351. The number of rotatable bonds is 4. The summed E-state index contributed by atoms with van der Waals surface area (Å²) in [6.45, 7) is 0. The van der Waals surface area contributed by atoms with Gasteiger partial charge in [0.25, 0.3) is 0 Å². The summed E-state index contributed by atoms with van der Waals surface area (Å²) in [6, 6.07) is 5.90. The molecule has 1 saturated heterocycles. The van der Waals surface area contributed by atoms with Crippen LogP contribution in [0.3, 0.4) is 0 Å². The van der Waals surface area contributed by atoms with E-state index in [0.717, 1.165) is 6.42 Å². The van der Waals surface area contributed by atoms with Crippen LogP contribution in [0, 0.1) is 0 Å². The van der Waals surface area contributed by atoms with Crippen LogP contribution in [0.15, 0.2) is 43.0 Å². The Kier molecular flexibility index (Phi) is 4.35. The van der Waals surface area contributed by atoms with Crippen LogP contribution in [-0.2, 0) is 4.79 Å². The molecule has 120 valence electrons. The van der Waals surface area contributed by atoms with E-state index in [1.54, 1.807) is 30.7 Å². The largest absolute Gasteiger partial charge is 0.478 e. The Balaban J connectivity index is 1.61. The van der Waals surface area contributed by atoms with E-state index in [4.69, 9.17) is 5.11 Å². The molecular weight excluding hydrogens is 298 g/mol. The third kappa shape index (κ3) is 3.38. The minimum atomic E-state index is -1.07. The second kappa shape index (κ2) is 6.59. The summed E-state index contributed by atoms with van der Waals surface area (Å²) in [4.78, 5) is 27.5. The molecule has 0 spiro atoms. The number of carbonyl (C=O) groups is 2. The summed E-state index contributed by atoms with van der Waals surface area (Å²) in [5.41, 5.74) is 6.40. The molecule has 2 heterocycles. The molecule has 1 aromatic carbocycles. The Bertz CT molecular complexity index is 693.